The second-order valence-corrected chi connectivity index (χ2v) is 8.62. The summed E-state index contributed by atoms with van der Waals surface area (Å²) in [5.74, 6) is -0.271. The summed E-state index contributed by atoms with van der Waals surface area (Å²) >= 11 is 0. The number of rotatable bonds is 4. The Bertz CT molecular complexity index is 895. The molecule has 1 fully saturated rings. The molecule has 1 saturated heterocycles. The number of anilines is 1. The van der Waals surface area contributed by atoms with Crippen LogP contribution in [0.3, 0.4) is 0 Å². The van der Waals surface area contributed by atoms with Gasteiger partial charge in [0.15, 0.2) is 0 Å². The smallest absolute Gasteiger partial charge is 0.243 e. The van der Waals surface area contributed by atoms with Crippen molar-refractivity contribution < 1.29 is 13.2 Å². The second-order valence-electron chi connectivity index (χ2n) is 6.73. The Morgan fingerprint density at radius 1 is 1.04 bits per heavy atom. The van der Waals surface area contributed by atoms with Crippen LogP contribution in [0, 0.1) is 13.8 Å². The van der Waals surface area contributed by atoms with E-state index in [2.05, 4.69) is 5.32 Å². The fourth-order valence-electron chi connectivity index (χ4n) is 3.23. The first kappa shape index (κ1) is 18.6. The number of carbonyl (C=O) groups is 1. The lowest BCUT2D eigenvalue weighted by atomic mass is 10.0. The summed E-state index contributed by atoms with van der Waals surface area (Å²) in [6.07, 6.45) is 2.13. The number of benzene rings is 2. The molecule has 1 N–H and O–H groups in total. The third-order valence-corrected chi connectivity index (χ3v) is 6.80. The highest BCUT2D eigenvalue weighted by molar-refractivity contribution is 7.89. The van der Waals surface area contributed by atoms with Crippen LogP contribution in [-0.4, -0.2) is 31.2 Å². The number of sulfonamides is 1. The van der Waals surface area contributed by atoms with Crippen molar-refractivity contribution in [1.29, 1.82) is 0 Å². The molecule has 5 nitrogen and oxygen atoms in total. The van der Waals surface area contributed by atoms with Gasteiger partial charge in [-0.3, -0.25) is 4.79 Å². The Kier molecular flexibility index (Phi) is 5.44. The number of aryl methyl sites for hydroxylation is 2. The Labute approximate surface area is 155 Å². The Morgan fingerprint density at radius 3 is 2.46 bits per heavy atom. The minimum absolute atomic E-state index is 0.228. The summed E-state index contributed by atoms with van der Waals surface area (Å²) in [5.41, 5.74) is 2.93. The molecule has 3 rings (SSSR count). The van der Waals surface area contributed by atoms with Crippen molar-refractivity contribution in [3.63, 3.8) is 0 Å². The topological polar surface area (TPSA) is 66.5 Å². The summed E-state index contributed by atoms with van der Waals surface area (Å²) in [6.45, 7) is 4.36. The molecule has 0 saturated carbocycles. The Morgan fingerprint density at radius 2 is 1.77 bits per heavy atom. The number of nitrogens with zero attached hydrogens (tertiary/aromatic N) is 1. The minimum Gasteiger partial charge on any atom is -0.325 e. The average molecular weight is 372 g/mol. The monoisotopic (exact) mass is 372 g/mol. The summed E-state index contributed by atoms with van der Waals surface area (Å²) in [5, 5.41) is 2.89. The summed E-state index contributed by atoms with van der Waals surface area (Å²) in [7, 11) is -3.69. The molecule has 1 heterocycles. The number of nitrogens with one attached hydrogen (secondary N) is 1. The van der Waals surface area contributed by atoms with E-state index < -0.39 is 16.1 Å². The van der Waals surface area contributed by atoms with E-state index in [9.17, 15) is 13.2 Å². The van der Waals surface area contributed by atoms with Crippen LogP contribution in [-0.2, 0) is 14.8 Å². The largest absolute Gasteiger partial charge is 0.325 e. The van der Waals surface area contributed by atoms with Crippen LogP contribution in [0.15, 0.2) is 53.4 Å². The van der Waals surface area contributed by atoms with Gasteiger partial charge in [0, 0.05) is 12.2 Å². The predicted octanol–water partition coefficient (Wildman–Crippen LogP) is 3.49. The molecule has 26 heavy (non-hydrogen) atoms. The van der Waals surface area contributed by atoms with E-state index in [1.54, 1.807) is 30.3 Å². The van der Waals surface area contributed by atoms with Crippen LogP contribution in [0.25, 0.3) is 0 Å². The molecular weight excluding hydrogens is 348 g/mol. The van der Waals surface area contributed by atoms with E-state index in [0.29, 0.717) is 18.7 Å². The minimum atomic E-state index is -3.69. The summed E-state index contributed by atoms with van der Waals surface area (Å²) < 4.78 is 27.3. The van der Waals surface area contributed by atoms with Gasteiger partial charge in [0.2, 0.25) is 15.9 Å². The third kappa shape index (κ3) is 3.81. The third-order valence-electron chi connectivity index (χ3n) is 4.88. The zero-order valence-electron chi connectivity index (χ0n) is 15.1. The normalized spacial score (nSPS) is 18.5. The van der Waals surface area contributed by atoms with Gasteiger partial charge in [0.1, 0.15) is 6.04 Å². The number of hydrogen-bond acceptors (Lipinski definition) is 3. The highest BCUT2D eigenvalue weighted by Gasteiger charge is 2.37. The molecule has 1 atom stereocenters. The van der Waals surface area contributed by atoms with E-state index in [0.717, 1.165) is 24.0 Å². The van der Waals surface area contributed by atoms with Crippen LogP contribution in [0.1, 0.15) is 30.4 Å². The molecule has 2 aromatic rings. The quantitative estimate of drug-likeness (QED) is 0.893. The van der Waals surface area contributed by atoms with Gasteiger partial charge in [0.25, 0.3) is 0 Å². The van der Waals surface area contributed by atoms with E-state index >= 15 is 0 Å². The molecule has 6 heteroatoms. The molecule has 138 valence electrons. The van der Waals surface area contributed by atoms with Crippen molar-refractivity contribution in [2.75, 3.05) is 11.9 Å². The van der Waals surface area contributed by atoms with Gasteiger partial charge in [-0.05, 0) is 62.1 Å². The lowest BCUT2D eigenvalue weighted by Crippen LogP contribution is -2.49. The van der Waals surface area contributed by atoms with Gasteiger partial charge in [-0.15, -0.1) is 0 Å². The summed E-state index contributed by atoms with van der Waals surface area (Å²) in [6, 6.07) is 13.3. The van der Waals surface area contributed by atoms with Crippen molar-refractivity contribution >= 4 is 21.6 Å². The molecule has 1 aliphatic rings. The average Bonchev–Trinajstić information content (AvgIpc) is 2.65. The van der Waals surface area contributed by atoms with Crippen molar-refractivity contribution in [1.82, 2.24) is 4.31 Å². The zero-order valence-corrected chi connectivity index (χ0v) is 15.9. The van der Waals surface area contributed by atoms with Crippen LogP contribution < -0.4 is 5.32 Å². The molecule has 1 unspecified atom stereocenters. The van der Waals surface area contributed by atoms with Crippen molar-refractivity contribution in [2.45, 2.75) is 44.0 Å². The van der Waals surface area contributed by atoms with E-state index in [1.165, 1.54) is 4.31 Å². The number of piperidine rings is 1. The molecule has 0 spiro atoms. The lowest BCUT2D eigenvalue weighted by Gasteiger charge is -2.33. The van der Waals surface area contributed by atoms with E-state index in [-0.39, 0.29) is 10.8 Å². The fraction of sp³-hybridized carbons (Fsp3) is 0.350. The van der Waals surface area contributed by atoms with E-state index in [1.807, 2.05) is 32.0 Å². The maximum Gasteiger partial charge on any atom is 0.243 e. The van der Waals surface area contributed by atoms with Crippen LogP contribution in [0.4, 0.5) is 5.69 Å². The van der Waals surface area contributed by atoms with Gasteiger partial charge in [0.05, 0.1) is 4.90 Å². The van der Waals surface area contributed by atoms with E-state index in [4.69, 9.17) is 0 Å². The first-order chi connectivity index (χ1) is 12.4. The summed E-state index contributed by atoms with van der Waals surface area (Å²) in [4.78, 5) is 13.1. The zero-order chi connectivity index (χ0) is 18.7. The number of hydrogen-bond donors (Lipinski definition) is 1. The highest BCUT2D eigenvalue weighted by atomic mass is 32.2. The predicted molar refractivity (Wildman–Crippen MR) is 103 cm³/mol. The second kappa shape index (κ2) is 7.60. The molecule has 2 aromatic carbocycles. The molecule has 0 aliphatic carbocycles. The van der Waals surface area contributed by atoms with Crippen molar-refractivity contribution in [3.05, 3.63) is 59.7 Å². The highest BCUT2D eigenvalue weighted by Crippen LogP contribution is 2.26. The standard InChI is InChI=1S/C20H24N2O3S/c1-15-11-12-17(14-16(15)2)21-20(23)19-10-6-7-13-22(19)26(24,25)18-8-4-3-5-9-18/h3-5,8-9,11-12,14,19H,6-7,10,13H2,1-2H3,(H,21,23). The first-order valence-electron chi connectivity index (χ1n) is 8.84. The SMILES string of the molecule is Cc1ccc(NC(=O)C2CCCCN2S(=O)(=O)c2ccccc2)cc1C. The maximum absolute atomic E-state index is 13.0. The number of amides is 1. The van der Waals surface area contributed by atoms with Crippen LogP contribution in [0.5, 0.6) is 0 Å². The lowest BCUT2D eigenvalue weighted by molar-refractivity contribution is -0.120. The van der Waals surface area contributed by atoms with Crippen LogP contribution in [0.2, 0.25) is 0 Å². The molecular formula is C20H24N2O3S. The van der Waals surface area contributed by atoms with Gasteiger partial charge in [-0.25, -0.2) is 8.42 Å². The molecule has 0 bridgehead atoms. The van der Waals surface area contributed by atoms with Gasteiger partial charge >= 0.3 is 0 Å². The van der Waals surface area contributed by atoms with Crippen molar-refractivity contribution in [3.8, 4) is 0 Å². The first-order valence-corrected chi connectivity index (χ1v) is 10.3. The van der Waals surface area contributed by atoms with Gasteiger partial charge in [-0.2, -0.15) is 4.31 Å². The molecule has 0 radical (unpaired) electrons. The maximum atomic E-state index is 13.0. The van der Waals surface area contributed by atoms with Crippen molar-refractivity contribution in [2.24, 2.45) is 0 Å². The molecule has 1 aliphatic heterocycles. The number of carbonyl (C=O) groups excluding carboxylic acids is 1. The fourth-order valence-corrected chi connectivity index (χ4v) is 4.90. The van der Waals surface area contributed by atoms with Gasteiger partial charge < -0.3 is 5.32 Å². The van der Waals surface area contributed by atoms with Crippen LogP contribution >= 0.6 is 0 Å². The Hall–Kier alpha value is -2.18. The van der Waals surface area contributed by atoms with Gasteiger partial charge in [-0.1, -0.05) is 30.7 Å². The molecule has 1 amide bonds. The Balaban J connectivity index is 1.84. The molecule has 0 aromatic heterocycles.